The van der Waals surface area contributed by atoms with E-state index >= 15 is 0 Å². The highest BCUT2D eigenvalue weighted by atomic mass is 16.4. The first kappa shape index (κ1) is 73.8. The van der Waals surface area contributed by atoms with Gasteiger partial charge in [0.15, 0.2) is 58.9 Å². The van der Waals surface area contributed by atoms with Gasteiger partial charge in [0.1, 0.15) is 35.2 Å². The number of aryl methyl sites for hydroxylation is 17. The molecule has 15 aromatic heterocycles. The Morgan fingerprint density at radius 2 is 0.486 bits per heavy atom. The van der Waals surface area contributed by atoms with Crippen molar-refractivity contribution in [2.75, 3.05) is 0 Å². The number of pyridine rings is 10. The Hall–Kier alpha value is -13.4. The Labute approximate surface area is 844 Å². The van der Waals surface area contributed by atoms with E-state index in [0.29, 0.717) is 91.1 Å². The summed E-state index contributed by atoms with van der Waals surface area (Å²) in [5.74, 6) is -7.21. The summed E-state index contributed by atoms with van der Waals surface area (Å²) in [6.07, 6.45) is 4.76. The third kappa shape index (κ3) is 18.6. The van der Waals surface area contributed by atoms with Crippen LogP contribution < -0.4 is 22.8 Å². The lowest BCUT2D eigenvalue weighted by atomic mass is 9.90. The Bertz CT molecular complexity index is 9150. The van der Waals surface area contributed by atoms with Crippen molar-refractivity contribution in [3.8, 4) is 56.3 Å². The molecule has 1 unspecified atom stereocenters. The molecule has 0 aliphatic rings. The van der Waals surface area contributed by atoms with Gasteiger partial charge in [0, 0.05) is 169 Å². The van der Waals surface area contributed by atoms with Gasteiger partial charge in [0.05, 0.1) is 27.8 Å². The molecule has 708 valence electrons. The lowest BCUT2D eigenvalue weighted by Crippen LogP contribution is -2.32. The quantitative estimate of drug-likeness (QED) is 0.0908. The molecular weight excluding hydrogens is 1700 g/mol. The molecule has 0 saturated carbocycles. The van der Waals surface area contributed by atoms with E-state index in [-0.39, 0.29) is 11.1 Å². The molecule has 0 radical (unpaired) electrons. The van der Waals surface area contributed by atoms with Gasteiger partial charge in [-0.15, -0.1) is 0 Å². The smallest absolute Gasteiger partial charge is 0.227 e. The zero-order valence-corrected chi connectivity index (χ0v) is 85.1. The molecule has 15 heterocycles. The van der Waals surface area contributed by atoms with Crippen LogP contribution in [0.5, 0.6) is 0 Å². The minimum atomic E-state index is -3.37. The minimum absolute atomic E-state index is 0.0134. The van der Waals surface area contributed by atoms with Gasteiger partial charge in [0.2, 0.25) is 57.0 Å². The molecule has 0 spiro atoms. The first-order valence-electron chi connectivity index (χ1n) is 57.7. The Balaban J connectivity index is 0.000000141. The molecule has 20 rings (SSSR count). The molecule has 0 amide bonds. The topological polar surface area (TPSA) is 150 Å². The van der Waals surface area contributed by atoms with Crippen molar-refractivity contribution in [2.24, 2.45) is 35.2 Å². The van der Waals surface area contributed by atoms with Crippen LogP contribution in [0.3, 0.4) is 0 Å². The van der Waals surface area contributed by atoms with Crippen molar-refractivity contribution in [2.45, 2.75) is 254 Å². The minimum Gasteiger partial charge on any atom is -0.437 e. The summed E-state index contributed by atoms with van der Waals surface area (Å²) in [6, 6.07) is 49.9. The second-order valence-corrected chi connectivity index (χ2v) is 38.7. The van der Waals surface area contributed by atoms with Crippen LogP contribution in [0, 0.1) is 69.2 Å². The lowest BCUT2D eigenvalue weighted by Gasteiger charge is -2.16. The van der Waals surface area contributed by atoms with Crippen LogP contribution in [0.15, 0.2) is 205 Å². The molecule has 0 saturated heterocycles. The van der Waals surface area contributed by atoms with Gasteiger partial charge in [-0.2, -0.15) is 0 Å². The number of aromatic nitrogens is 10. The number of furan rings is 5. The van der Waals surface area contributed by atoms with E-state index in [4.69, 9.17) is 50.9 Å². The maximum absolute atomic E-state index is 8.85. The molecule has 15 nitrogen and oxygen atoms in total. The first-order valence-corrected chi connectivity index (χ1v) is 47.2. The fourth-order valence-corrected chi connectivity index (χ4v) is 19.2. The molecule has 138 heavy (non-hydrogen) atoms. The van der Waals surface area contributed by atoms with E-state index in [0.717, 1.165) is 174 Å². The van der Waals surface area contributed by atoms with Gasteiger partial charge in [-0.05, 0) is 246 Å². The van der Waals surface area contributed by atoms with Gasteiger partial charge in [-0.1, -0.05) is 185 Å². The van der Waals surface area contributed by atoms with E-state index in [9.17, 15) is 0 Å². The molecule has 0 fully saturated rings. The zero-order valence-electron chi connectivity index (χ0n) is 106. The van der Waals surface area contributed by atoms with Gasteiger partial charge < -0.3 is 22.1 Å². The van der Waals surface area contributed by atoms with Crippen LogP contribution in [-0.2, 0) is 48.0 Å². The summed E-state index contributed by atoms with van der Waals surface area (Å²) in [5, 5.41) is 9.60. The third-order valence-corrected chi connectivity index (χ3v) is 26.6. The van der Waals surface area contributed by atoms with Crippen LogP contribution in [0.4, 0.5) is 0 Å². The van der Waals surface area contributed by atoms with Gasteiger partial charge in [0.25, 0.3) is 0 Å². The van der Waals surface area contributed by atoms with Gasteiger partial charge >= 0.3 is 0 Å². The summed E-state index contributed by atoms with van der Waals surface area (Å²) in [4.78, 5) is 22.7. The standard InChI is InChI=1S/3C25H29N2O.2C24H27N2O/c3*1-14(2)20-12-22(27(7)13-21(20)15(3)4)23-16(5)8-10-18-19-11-9-17(6)26-25(19)28-24(18)23;2*1-7-17-13-26(6)21(12-20(17)14(2)3)22-15(4)8-10-18-19-11-9-16(5)25-24(19)27-23(18)22/h3*8-15H,1-7H3;2*8-14H,7H2,1-6H3/q5*+1/i1D3,3D3,4D3,14D,15D;14D;;1D3,7D2,14D;7D2,14D. The number of nitrogens with zero attached hydrogens (tertiary/aromatic N) is 10. The lowest BCUT2D eigenvalue weighted by molar-refractivity contribution is -0.661. The molecule has 0 N–H and O–H groups in total. The normalized spacial score (nSPS) is 15.5. The monoisotopic (exact) mass is 1860 g/mol. The highest BCUT2D eigenvalue weighted by molar-refractivity contribution is 6.13. The van der Waals surface area contributed by atoms with Crippen molar-refractivity contribution in [3.63, 3.8) is 0 Å². The average molecular weight is 1860 g/mol. The SMILES string of the molecule is Cc1ccc2c(n1)oc1c(-c3cc(C(C)C)c(C(C)C)c[n+]3C)c(C)ccc12.[2H]C(C)(C)c1cc(-c2c(C)ccc3c2oc2nc(C)ccc23)[n+](C)cc1C(C)C.[2H]C(C)(C)c1cc(-c2c(C)ccc3c2oc2nc(C)ccc23)[n+](C)cc1C([2H])([2H])C([2H])([2H])[2H].[2H]C([2H])(C)c1c[n+](C)c(-c2c(C)ccc3c2oc2nc(C)ccc23)cc1C([2H])(C)C.[2H]C([2H])([2H])C([2H])(C)c1cc(-c2c(C)ccc3c2oc2nc(C)ccc23)[n+](C)cc1C([2H])(C([2H])([2H])[2H])C([2H])([2H])[2H]. The second-order valence-electron chi connectivity index (χ2n) is 38.7. The van der Waals surface area contributed by atoms with Gasteiger partial charge in [-0.3, -0.25) is 0 Å². The summed E-state index contributed by atoms with van der Waals surface area (Å²) >= 11 is 0. The highest BCUT2D eigenvalue weighted by Gasteiger charge is 2.33. The summed E-state index contributed by atoms with van der Waals surface area (Å²) in [6.45, 7) is 34.0. The number of rotatable bonds is 15. The van der Waals surface area contributed by atoms with Crippen LogP contribution >= 0.6 is 0 Å². The number of benzene rings is 5. The van der Waals surface area contributed by atoms with E-state index in [1.807, 2.05) is 166 Å². The predicted molar refractivity (Wildman–Crippen MR) is 569 cm³/mol. The molecule has 0 aliphatic heterocycles. The zero-order chi connectivity index (χ0) is 117. The van der Waals surface area contributed by atoms with E-state index in [1.165, 1.54) is 51.7 Å². The number of fused-ring (bicyclic) bond motifs is 15. The maximum atomic E-state index is 8.85. The van der Waals surface area contributed by atoms with Gasteiger partial charge in [-0.25, -0.2) is 47.8 Å². The van der Waals surface area contributed by atoms with E-state index < -0.39 is 75.2 Å². The summed E-state index contributed by atoms with van der Waals surface area (Å²) < 4.78 is 213. The fraction of sp³-hybridized carbons (Fsp3) is 0.350. The molecule has 0 bridgehead atoms. The molecule has 15 heteroatoms. The largest absolute Gasteiger partial charge is 0.437 e. The average Bonchev–Trinajstić information content (AvgIpc) is 0.892. The molecule has 0 aliphatic carbocycles. The van der Waals surface area contributed by atoms with Crippen LogP contribution in [-0.4, -0.2) is 24.9 Å². The molecule has 20 aromatic rings. The Kier molecular flexibility index (Phi) is 21.0. The Morgan fingerprint density at radius 1 is 0.261 bits per heavy atom. The van der Waals surface area contributed by atoms with E-state index in [1.54, 1.807) is 52.4 Å². The third-order valence-electron chi connectivity index (χ3n) is 26.6. The summed E-state index contributed by atoms with van der Waals surface area (Å²) in [7, 11) is 9.41. The van der Waals surface area contributed by atoms with Crippen molar-refractivity contribution in [3.05, 3.63) is 295 Å². The van der Waals surface area contributed by atoms with E-state index in [2.05, 4.69) is 177 Å². The van der Waals surface area contributed by atoms with Crippen molar-refractivity contribution in [1.82, 2.24) is 24.9 Å². The second kappa shape index (κ2) is 39.2. The molecule has 1 atom stereocenters. The van der Waals surface area contributed by atoms with Crippen molar-refractivity contribution in [1.29, 1.82) is 0 Å². The molecule has 5 aromatic carbocycles. The maximum Gasteiger partial charge on any atom is 0.227 e. The summed E-state index contributed by atoms with van der Waals surface area (Å²) in [5.41, 5.74) is 30.4. The Morgan fingerprint density at radius 3 is 0.732 bits per heavy atom. The predicted octanol–water partition coefficient (Wildman–Crippen LogP) is 30.6. The number of hydrogen-bond donors (Lipinski definition) is 0. The van der Waals surface area contributed by atoms with Crippen LogP contribution in [0.1, 0.15) is 312 Å². The van der Waals surface area contributed by atoms with Crippen molar-refractivity contribution >= 4 is 110 Å². The van der Waals surface area contributed by atoms with Crippen LogP contribution in [0.2, 0.25) is 0 Å². The highest BCUT2D eigenvalue weighted by Crippen LogP contribution is 2.46. The fourth-order valence-electron chi connectivity index (χ4n) is 19.2. The van der Waals surface area contributed by atoms with Crippen LogP contribution in [0.25, 0.3) is 167 Å². The van der Waals surface area contributed by atoms with Crippen molar-refractivity contribution < 1.29 is 73.7 Å². The molecular formula is C123H141N10O5+5. The first-order chi connectivity index (χ1) is 73.5. The number of hydrogen-bond acceptors (Lipinski definition) is 10.